The third kappa shape index (κ3) is 3.38. The lowest BCUT2D eigenvalue weighted by Crippen LogP contribution is -2.33. The van der Waals surface area contributed by atoms with Gasteiger partial charge < -0.3 is 4.90 Å². The van der Waals surface area contributed by atoms with E-state index in [9.17, 15) is 26.4 Å². The molecular formula is C11H10BrF3N2O3S. The zero-order valence-electron chi connectivity index (χ0n) is 10.4. The van der Waals surface area contributed by atoms with Crippen LogP contribution in [0.5, 0.6) is 0 Å². The molecule has 1 aliphatic heterocycles. The SMILES string of the molecule is NS(=O)(=O)C1CC(=O)N(c2ccc(Br)cc2C(F)(F)F)C1. The lowest BCUT2D eigenvalue weighted by Gasteiger charge is -2.21. The van der Waals surface area contributed by atoms with E-state index in [4.69, 9.17) is 5.14 Å². The number of alkyl halides is 3. The number of rotatable bonds is 2. The van der Waals surface area contributed by atoms with Crippen molar-refractivity contribution in [2.24, 2.45) is 5.14 Å². The first kappa shape index (κ1) is 16.2. The molecule has 0 radical (unpaired) electrons. The van der Waals surface area contributed by atoms with E-state index in [0.29, 0.717) is 0 Å². The number of sulfonamides is 1. The van der Waals surface area contributed by atoms with Crippen LogP contribution < -0.4 is 10.0 Å². The molecule has 1 unspecified atom stereocenters. The average Bonchev–Trinajstić information content (AvgIpc) is 2.70. The molecule has 1 atom stereocenters. The molecule has 0 saturated carbocycles. The topological polar surface area (TPSA) is 80.5 Å². The number of hydrogen-bond acceptors (Lipinski definition) is 3. The minimum Gasteiger partial charge on any atom is -0.310 e. The third-order valence-electron chi connectivity index (χ3n) is 3.11. The minimum atomic E-state index is -4.67. The predicted molar refractivity (Wildman–Crippen MR) is 73.0 cm³/mol. The number of halogens is 4. The van der Waals surface area contributed by atoms with Crippen molar-refractivity contribution < 1.29 is 26.4 Å². The van der Waals surface area contributed by atoms with Crippen LogP contribution in [-0.4, -0.2) is 26.1 Å². The maximum Gasteiger partial charge on any atom is 0.418 e. The molecule has 2 N–H and O–H groups in total. The predicted octanol–water partition coefficient (Wildman–Crippen LogP) is 1.86. The number of anilines is 1. The largest absolute Gasteiger partial charge is 0.418 e. The normalized spacial score (nSPS) is 20.1. The van der Waals surface area contributed by atoms with Gasteiger partial charge in [0.15, 0.2) is 0 Å². The number of hydrogen-bond donors (Lipinski definition) is 1. The summed E-state index contributed by atoms with van der Waals surface area (Å²) in [7, 11) is -3.99. The summed E-state index contributed by atoms with van der Waals surface area (Å²) in [5.74, 6) is -0.707. The standard InChI is InChI=1S/C11H10BrF3N2O3S/c12-6-1-2-9(8(3-6)11(13,14)15)17-5-7(4-10(17)18)21(16,19)20/h1-3,7H,4-5H2,(H2,16,19,20). The van der Waals surface area contributed by atoms with Crippen molar-refractivity contribution in [3.8, 4) is 0 Å². The van der Waals surface area contributed by atoms with Gasteiger partial charge in [0.1, 0.15) is 5.25 Å². The second-order valence-corrected chi connectivity index (χ2v) is 7.34. The second kappa shape index (κ2) is 5.25. The molecule has 1 aliphatic rings. The van der Waals surface area contributed by atoms with Crippen molar-refractivity contribution >= 4 is 37.5 Å². The monoisotopic (exact) mass is 386 g/mol. The van der Waals surface area contributed by atoms with Crippen LogP contribution in [0.3, 0.4) is 0 Å². The summed E-state index contributed by atoms with van der Waals surface area (Å²) in [4.78, 5) is 12.6. The highest BCUT2D eigenvalue weighted by molar-refractivity contribution is 9.10. The molecule has 1 saturated heterocycles. The van der Waals surface area contributed by atoms with Gasteiger partial charge >= 0.3 is 6.18 Å². The highest BCUT2D eigenvalue weighted by Gasteiger charge is 2.42. The Labute approximate surface area is 127 Å². The molecule has 0 bridgehead atoms. The minimum absolute atomic E-state index is 0.202. The van der Waals surface area contributed by atoms with Crippen molar-refractivity contribution in [3.05, 3.63) is 28.2 Å². The number of carbonyl (C=O) groups is 1. The van der Waals surface area contributed by atoms with Crippen molar-refractivity contribution in [2.75, 3.05) is 11.4 Å². The lowest BCUT2D eigenvalue weighted by atomic mass is 10.1. The average molecular weight is 387 g/mol. The van der Waals surface area contributed by atoms with Crippen LogP contribution in [-0.2, 0) is 21.0 Å². The first-order valence-electron chi connectivity index (χ1n) is 5.69. The highest BCUT2D eigenvalue weighted by atomic mass is 79.9. The molecule has 1 heterocycles. The summed E-state index contributed by atoms with van der Waals surface area (Å²) in [6, 6.07) is 3.31. The summed E-state index contributed by atoms with van der Waals surface area (Å²) in [6.45, 7) is -0.387. The molecule has 1 aromatic carbocycles. The third-order valence-corrected chi connectivity index (χ3v) is 4.85. The second-order valence-electron chi connectivity index (χ2n) is 4.58. The summed E-state index contributed by atoms with van der Waals surface area (Å²) in [5, 5.41) is 3.76. The van der Waals surface area contributed by atoms with Gasteiger partial charge in [0, 0.05) is 17.4 Å². The molecule has 0 aliphatic carbocycles. The van der Waals surface area contributed by atoms with Crippen molar-refractivity contribution in [1.82, 2.24) is 0 Å². The zero-order chi connectivity index (χ0) is 16.0. The van der Waals surface area contributed by atoms with Crippen molar-refractivity contribution in [3.63, 3.8) is 0 Å². The van der Waals surface area contributed by atoms with Crippen molar-refractivity contribution in [2.45, 2.75) is 17.8 Å². The molecule has 1 amide bonds. The molecule has 116 valence electrons. The molecule has 1 aromatic rings. The fourth-order valence-corrected chi connectivity index (χ4v) is 3.19. The maximum atomic E-state index is 13.0. The van der Waals surface area contributed by atoms with Crippen LogP contribution in [0.15, 0.2) is 22.7 Å². The Morgan fingerprint density at radius 3 is 2.43 bits per heavy atom. The van der Waals surface area contributed by atoms with Crippen LogP contribution in [0.25, 0.3) is 0 Å². The molecule has 5 nitrogen and oxygen atoms in total. The van der Waals surface area contributed by atoms with Gasteiger partial charge in [-0.3, -0.25) is 4.79 Å². The van der Waals surface area contributed by atoms with E-state index in [2.05, 4.69) is 15.9 Å². The Hall–Kier alpha value is -1.13. The van der Waals surface area contributed by atoms with Gasteiger partial charge in [-0.15, -0.1) is 0 Å². The van der Waals surface area contributed by atoms with Crippen LogP contribution in [0.4, 0.5) is 18.9 Å². The summed E-state index contributed by atoms with van der Waals surface area (Å²) >= 11 is 2.94. The van der Waals surface area contributed by atoms with Crippen LogP contribution in [0.2, 0.25) is 0 Å². The van der Waals surface area contributed by atoms with Gasteiger partial charge in [-0.05, 0) is 18.2 Å². The van der Waals surface area contributed by atoms with Crippen molar-refractivity contribution in [1.29, 1.82) is 0 Å². The quantitative estimate of drug-likeness (QED) is 0.842. The van der Waals surface area contributed by atoms with Crippen LogP contribution in [0, 0.1) is 0 Å². The van der Waals surface area contributed by atoms with E-state index in [1.165, 1.54) is 6.07 Å². The smallest absolute Gasteiger partial charge is 0.310 e. The Balaban J connectivity index is 2.46. The molecule has 0 aromatic heterocycles. The summed E-state index contributed by atoms with van der Waals surface area (Å²) in [5.41, 5.74) is -1.39. The van der Waals surface area contributed by atoms with E-state index < -0.39 is 39.3 Å². The first-order valence-corrected chi connectivity index (χ1v) is 8.09. The Morgan fingerprint density at radius 2 is 1.95 bits per heavy atom. The number of nitrogens with two attached hydrogens (primary N) is 1. The lowest BCUT2D eigenvalue weighted by molar-refractivity contribution is -0.137. The summed E-state index contributed by atoms with van der Waals surface area (Å²) < 4.78 is 61.8. The molecule has 2 rings (SSSR count). The fourth-order valence-electron chi connectivity index (χ4n) is 2.10. The highest BCUT2D eigenvalue weighted by Crippen LogP contribution is 2.39. The fraction of sp³-hybridized carbons (Fsp3) is 0.364. The van der Waals surface area contributed by atoms with E-state index in [1.54, 1.807) is 0 Å². The molecule has 0 spiro atoms. The molecular weight excluding hydrogens is 377 g/mol. The Bertz CT molecular complexity index is 690. The van der Waals surface area contributed by atoms with Gasteiger partial charge in [0.25, 0.3) is 0 Å². The van der Waals surface area contributed by atoms with E-state index >= 15 is 0 Å². The molecule has 1 fully saturated rings. The molecule has 10 heteroatoms. The number of carbonyl (C=O) groups excluding carboxylic acids is 1. The van der Waals surface area contributed by atoms with Crippen LogP contribution >= 0.6 is 15.9 Å². The van der Waals surface area contributed by atoms with Gasteiger partial charge in [-0.2, -0.15) is 13.2 Å². The first-order chi connectivity index (χ1) is 9.50. The van der Waals surface area contributed by atoms with Crippen LogP contribution in [0.1, 0.15) is 12.0 Å². The van der Waals surface area contributed by atoms with E-state index in [0.717, 1.165) is 17.0 Å². The van der Waals surface area contributed by atoms with Gasteiger partial charge in [0.2, 0.25) is 15.9 Å². The van der Waals surface area contributed by atoms with E-state index in [-0.39, 0.29) is 16.7 Å². The summed E-state index contributed by atoms with van der Waals surface area (Å²) in [6.07, 6.45) is -5.09. The maximum absolute atomic E-state index is 13.0. The zero-order valence-corrected chi connectivity index (χ0v) is 12.8. The van der Waals surface area contributed by atoms with E-state index in [1.807, 2.05) is 0 Å². The Kier molecular flexibility index (Phi) is 4.06. The van der Waals surface area contributed by atoms with Gasteiger partial charge in [-0.25, -0.2) is 13.6 Å². The number of benzene rings is 1. The van der Waals surface area contributed by atoms with Gasteiger partial charge in [0.05, 0.1) is 11.3 Å². The number of nitrogens with zero attached hydrogens (tertiary/aromatic N) is 1. The molecule has 21 heavy (non-hydrogen) atoms. The number of amides is 1. The van der Waals surface area contributed by atoms with Gasteiger partial charge in [-0.1, -0.05) is 15.9 Å². The Morgan fingerprint density at radius 1 is 1.33 bits per heavy atom. The number of primary sulfonamides is 1.